The summed E-state index contributed by atoms with van der Waals surface area (Å²) in [5, 5.41) is 20.3. The minimum atomic E-state index is -0.793. The molecule has 138 valence electrons. The summed E-state index contributed by atoms with van der Waals surface area (Å²) in [4.78, 5) is 27.8. The standard InChI is InChI=1S/C16H13N5O5S/c17-15(14-6-3-9-27-14)19-26-16(22)11-7-8-20(18-11)10-25-13-5-2-1-4-12(13)21(23)24/h1-9H,10H2,(H2,17,19). The number of nitro groups is 1. The first-order valence-electron chi connectivity index (χ1n) is 7.53. The molecular formula is C16H13N5O5S. The van der Waals surface area contributed by atoms with Gasteiger partial charge in [-0.3, -0.25) is 10.1 Å². The number of amidine groups is 1. The number of nitrogens with zero attached hydrogens (tertiary/aromatic N) is 4. The molecular weight excluding hydrogens is 374 g/mol. The second-order valence-electron chi connectivity index (χ2n) is 5.07. The minimum Gasteiger partial charge on any atom is -0.464 e. The van der Waals surface area contributed by atoms with Crippen molar-refractivity contribution in [2.24, 2.45) is 10.9 Å². The Morgan fingerprint density at radius 2 is 2.11 bits per heavy atom. The molecule has 0 bridgehead atoms. The first kappa shape index (κ1) is 18.1. The van der Waals surface area contributed by atoms with E-state index in [-0.39, 0.29) is 29.7 Å². The lowest BCUT2D eigenvalue weighted by Gasteiger charge is -2.06. The molecule has 27 heavy (non-hydrogen) atoms. The number of aromatic nitrogens is 2. The molecule has 0 aliphatic heterocycles. The molecule has 0 spiro atoms. The van der Waals surface area contributed by atoms with E-state index in [4.69, 9.17) is 15.3 Å². The highest BCUT2D eigenvalue weighted by Gasteiger charge is 2.15. The van der Waals surface area contributed by atoms with Gasteiger partial charge in [-0.25, -0.2) is 9.48 Å². The van der Waals surface area contributed by atoms with Crippen molar-refractivity contribution >= 4 is 28.8 Å². The monoisotopic (exact) mass is 387 g/mol. The zero-order chi connectivity index (χ0) is 19.2. The molecule has 3 aromatic rings. The number of nitrogens with two attached hydrogens (primary N) is 1. The molecule has 0 amide bonds. The first-order valence-corrected chi connectivity index (χ1v) is 8.41. The van der Waals surface area contributed by atoms with Gasteiger partial charge < -0.3 is 15.3 Å². The summed E-state index contributed by atoms with van der Waals surface area (Å²) in [6.07, 6.45) is 1.47. The number of para-hydroxylation sites is 2. The lowest BCUT2D eigenvalue weighted by Crippen LogP contribution is -2.14. The molecule has 0 aliphatic rings. The van der Waals surface area contributed by atoms with E-state index in [9.17, 15) is 14.9 Å². The van der Waals surface area contributed by atoms with Gasteiger partial charge in [0.1, 0.15) is 0 Å². The lowest BCUT2D eigenvalue weighted by atomic mass is 10.3. The summed E-state index contributed by atoms with van der Waals surface area (Å²) >= 11 is 1.36. The Kier molecular flexibility index (Phi) is 5.42. The Morgan fingerprint density at radius 1 is 1.30 bits per heavy atom. The van der Waals surface area contributed by atoms with Crippen molar-refractivity contribution < 1.29 is 19.3 Å². The van der Waals surface area contributed by atoms with Gasteiger partial charge >= 0.3 is 11.7 Å². The largest absolute Gasteiger partial charge is 0.464 e. The summed E-state index contributed by atoms with van der Waals surface area (Å²) in [5.41, 5.74) is 5.53. The van der Waals surface area contributed by atoms with E-state index < -0.39 is 10.9 Å². The highest BCUT2D eigenvalue weighted by atomic mass is 32.1. The molecule has 2 heterocycles. The highest BCUT2D eigenvalue weighted by molar-refractivity contribution is 7.12. The van der Waals surface area contributed by atoms with Crippen molar-refractivity contribution in [3.05, 3.63) is 74.7 Å². The number of benzene rings is 1. The third kappa shape index (κ3) is 4.46. The van der Waals surface area contributed by atoms with Crippen LogP contribution in [0.2, 0.25) is 0 Å². The average molecular weight is 387 g/mol. The van der Waals surface area contributed by atoms with E-state index in [0.29, 0.717) is 4.88 Å². The van der Waals surface area contributed by atoms with Gasteiger partial charge in [0.05, 0.1) is 9.80 Å². The number of nitro benzene ring substituents is 1. The fourth-order valence-electron chi connectivity index (χ4n) is 2.01. The van der Waals surface area contributed by atoms with Crippen molar-refractivity contribution in [2.75, 3.05) is 0 Å². The molecule has 10 nitrogen and oxygen atoms in total. The fraction of sp³-hybridized carbons (Fsp3) is 0.0625. The van der Waals surface area contributed by atoms with E-state index in [1.54, 1.807) is 18.2 Å². The number of hydrogen-bond acceptors (Lipinski definition) is 8. The molecule has 1 aromatic carbocycles. The zero-order valence-electron chi connectivity index (χ0n) is 13.7. The van der Waals surface area contributed by atoms with E-state index in [1.807, 2.05) is 5.38 Å². The van der Waals surface area contributed by atoms with E-state index in [0.717, 1.165) is 0 Å². The van der Waals surface area contributed by atoms with Crippen LogP contribution in [-0.4, -0.2) is 26.5 Å². The number of carbonyl (C=O) groups excluding carboxylic acids is 1. The van der Waals surface area contributed by atoms with Crippen LogP contribution in [0.3, 0.4) is 0 Å². The van der Waals surface area contributed by atoms with Crippen LogP contribution in [0.25, 0.3) is 0 Å². The maximum atomic E-state index is 12.0. The highest BCUT2D eigenvalue weighted by Crippen LogP contribution is 2.25. The van der Waals surface area contributed by atoms with E-state index >= 15 is 0 Å². The van der Waals surface area contributed by atoms with Gasteiger partial charge in [-0.1, -0.05) is 23.4 Å². The Balaban J connectivity index is 1.61. The number of ether oxygens (including phenoxy) is 1. The van der Waals surface area contributed by atoms with Crippen molar-refractivity contribution in [3.8, 4) is 5.75 Å². The Labute approximate surface area is 156 Å². The van der Waals surface area contributed by atoms with Crippen LogP contribution < -0.4 is 10.5 Å². The van der Waals surface area contributed by atoms with E-state index in [2.05, 4.69) is 10.3 Å². The molecule has 0 unspecified atom stereocenters. The first-order chi connectivity index (χ1) is 13.0. The summed E-state index contributed by atoms with van der Waals surface area (Å²) in [6, 6.07) is 10.9. The number of oxime groups is 1. The minimum absolute atomic E-state index is 0.0103. The summed E-state index contributed by atoms with van der Waals surface area (Å²) < 4.78 is 6.68. The molecule has 2 aromatic heterocycles. The lowest BCUT2D eigenvalue weighted by molar-refractivity contribution is -0.386. The van der Waals surface area contributed by atoms with Crippen LogP contribution in [-0.2, 0) is 11.6 Å². The Morgan fingerprint density at radius 3 is 2.85 bits per heavy atom. The molecule has 11 heteroatoms. The SMILES string of the molecule is N/C(=N\OC(=O)c1ccn(COc2ccccc2[N+](=O)[O-])n1)c1cccs1. The van der Waals surface area contributed by atoms with Crippen LogP contribution in [0.4, 0.5) is 5.69 Å². The number of thiophene rings is 1. The van der Waals surface area contributed by atoms with Crippen molar-refractivity contribution in [3.63, 3.8) is 0 Å². The molecule has 0 saturated carbocycles. The van der Waals surface area contributed by atoms with Crippen molar-refractivity contribution in [1.29, 1.82) is 0 Å². The molecule has 0 fully saturated rings. The van der Waals surface area contributed by atoms with Gasteiger partial charge in [-0.2, -0.15) is 5.10 Å². The Bertz CT molecular complexity index is 983. The summed E-state index contributed by atoms with van der Waals surface area (Å²) in [7, 11) is 0. The average Bonchev–Trinajstić information content (AvgIpc) is 3.36. The summed E-state index contributed by atoms with van der Waals surface area (Å²) in [5.74, 6) is -0.619. The van der Waals surface area contributed by atoms with Crippen LogP contribution in [0.5, 0.6) is 5.75 Å². The number of rotatable bonds is 7. The topological polar surface area (TPSA) is 135 Å². The summed E-state index contributed by atoms with van der Waals surface area (Å²) in [6.45, 7) is -0.126. The second-order valence-corrected chi connectivity index (χ2v) is 6.02. The maximum absolute atomic E-state index is 12.0. The predicted molar refractivity (Wildman–Crippen MR) is 96.4 cm³/mol. The second kappa shape index (κ2) is 8.10. The third-order valence-electron chi connectivity index (χ3n) is 3.26. The molecule has 0 radical (unpaired) electrons. The van der Waals surface area contributed by atoms with Gasteiger partial charge in [0.25, 0.3) is 0 Å². The molecule has 0 atom stereocenters. The predicted octanol–water partition coefficient (Wildman–Crippen LogP) is 2.37. The smallest absolute Gasteiger partial charge is 0.385 e. The van der Waals surface area contributed by atoms with E-state index in [1.165, 1.54) is 46.5 Å². The number of hydrogen-bond donors (Lipinski definition) is 1. The van der Waals surface area contributed by atoms with Crippen LogP contribution >= 0.6 is 11.3 Å². The van der Waals surface area contributed by atoms with Crippen molar-refractivity contribution in [2.45, 2.75) is 6.73 Å². The van der Waals surface area contributed by atoms with Gasteiger partial charge in [-0.05, 0) is 23.6 Å². The molecule has 2 N–H and O–H groups in total. The van der Waals surface area contributed by atoms with Gasteiger partial charge in [-0.15, -0.1) is 11.3 Å². The quantitative estimate of drug-likeness (QED) is 0.216. The van der Waals surface area contributed by atoms with Gasteiger partial charge in [0.15, 0.2) is 24.0 Å². The third-order valence-corrected chi connectivity index (χ3v) is 4.16. The normalized spacial score (nSPS) is 11.2. The zero-order valence-corrected chi connectivity index (χ0v) is 14.5. The van der Waals surface area contributed by atoms with Crippen LogP contribution in [0.1, 0.15) is 15.4 Å². The van der Waals surface area contributed by atoms with Gasteiger partial charge in [0.2, 0.25) is 0 Å². The van der Waals surface area contributed by atoms with Crippen LogP contribution in [0, 0.1) is 10.1 Å². The van der Waals surface area contributed by atoms with Crippen molar-refractivity contribution in [1.82, 2.24) is 9.78 Å². The number of carbonyl (C=O) groups is 1. The molecule has 0 aliphatic carbocycles. The molecule has 0 saturated heterocycles. The maximum Gasteiger partial charge on any atom is 0.385 e. The fourth-order valence-corrected chi connectivity index (χ4v) is 2.63. The van der Waals surface area contributed by atoms with Crippen LogP contribution in [0.15, 0.2) is 59.2 Å². The Hall–Kier alpha value is -3.73. The molecule has 3 rings (SSSR count). The van der Waals surface area contributed by atoms with Gasteiger partial charge in [0, 0.05) is 12.3 Å².